The molecule has 0 aliphatic rings. The molecule has 21 heavy (non-hydrogen) atoms. The second kappa shape index (κ2) is 6.13. The van der Waals surface area contributed by atoms with Crippen LogP contribution in [0, 0.1) is 6.92 Å². The number of ether oxygens (including phenoxy) is 1. The minimum Gasteiger partial charge on any atom is -0.495 e. The zero-order chi connectivity index (χ0) is 15.6. The van der Waals surface area contributed by atoms with Gasteiger partial charge in [0.25, 0.3) is 10.0 Å². The van der Waals surface area contributed by atoms with E-state index < -0.39 is 10.0 Å². The van der Waals surface area contributed by atoms with E-state index in [0.717, 1.165) is 5.56 Å². The summed E-state index contributed by atoms with van der Waals surface area (Å²) in [5.41, 5.74) is 1.07. The Morgan fingerprint density at radius 1 is 1.10 bits per heavy atom. The molecule has 0 spiro atoms. The van der Waals surface area contributed by atoms with Crippen LogP contribution in [0.2, 0.25) is 10.0 Å². The summed E-state index contributed by atoms with van der Waals surface area (Å²) in [6, 6.07) is 9.08. The molecule has 112 valence electrons. The van der Waals surface area contributed by atoms with Crippen LogP contribution in [0.1, 0.15) is 5.56 Å². The van der Waals surface area contributed by atoms with Gasteiger partial charge < -0.3 is 4.74 Å². The fourth-order valence-corrected chi connectivity index (χ4v) is 3.07. The minimum atomic E-state index is -3.72. The molecule has 4 nitrogen and oxygen atoms in total. The van der Waals surface area contributed by atoms with Crippen LogP contribution in [0.5, 0.6) is 5.75 Å². The van der Waals surface area contributed by atoms with E-state index >= 15 is 0 Å². The lowest BCUT2D eigenvalue weighted by atomic mass is 10.2. The summed E-state index contributed by atoms with van der Waals surface area (Å²) in [5, 5.41) is 0.968. The molecule has 0 fully saturated rings. The van der Waals surface area contributed by atoms with Gasteiger partial charge in [0.1, 0.15) is 5.75 Å². The summed E-state index contributed by atoms with van der Waals surface area (Å²) >= 11 is 11.8. The Kier molecular flexibility index (Phi) is 4.66. The van der Waals surface area contributed by atoms with Crippen molar-refractivity contribution in [3.8, 4) is 5.75 Å². The predicted octanol–water partition coefficient (Wildman–Crippen LogP) is 4.11. The number of anilines is 1. The van der Waals surface area contributed by atoms with E-state index in [4.69, 9.17) is 27.9 Å². The molecule has 0 amide bonds. The van der Waals surface area contributed by atoms with E-state index in [9.17, 15) is 8.42 Å². The predicted molar refractivity (Wildman–Crippen MR) is 85.0 cm³/mol. The summed E-state index contributed by atoms with van der Waals surface area (Å²) in [4.78, 5) is 0.113. The molecule has 2 rings (SSSR count). The van der Waals surface area contributed by atoms with Crippen LogP contribution in [-0.4, -0.2) is 15.5 Å². The SMILES string of the molecule is COc1cc(Cl)c(C)cc1NS(=O)(=O)c1ccc(Cl)cc1. The van der Waals surface area contributed by atoms with Crippen molar-refractivity contribution in [2.24, 2.45) is 0 Å². The first-order chi connectivity index (χ1) is 9.83. The van der Waals surface area contributed by atoms with E-state index in [1.165, 1.54) is 31.4 Å². The van der Waals surface area contributed by atoms with Crippen molar-refractivity contribution >= 4 is 38.9 Å². The monoisotopic (exact) mass is 345 g/mol. The highest BCUT2D eigenvalue weighted by molar-refractivity contribution is 7.92. The summed E-state index contributed by atoms with van der Waals surface area (Å²) in [5.74, 6) is 0.350. The van der Waals surface area contributed by atoms with Gasteiger partial charge in [0, 0.05) is 16.1 Å². The Hall–Kier alpha value is -1.43. The topological polar surface area (TPSA) is 55.4 Å². The number of hydrogen-bond donors (Lipinski definition) is 1. The lowest BCUT2D eigenvalue weighted by Crippen LogP contribution is -2.13. The highest BCUT2D eigenvalue weighted by atomic mass is 35.5. The van der Waals surface area contributed by atoms with Crippen LogP contribution in [0.3, 0.4) is 0 Å². The van der Waals surface area contributed by atoms with E-state index in [1.54, 1.807) is 19.1 Å². The molecule has 7 heteroatoms. The Morgan fingerprint density at radius 2 is 1.71 bits per heavy atom. The van der Waals surface area contributed by atoms with Gasteiger partial charge in [0.15, 0.2) is 0 Å². The van der Waals surface area contributed by atoms with Gasteiger partial charge in [-0.15, -0.1) is 0 Å². The van der Waals surface area contributed by atoms with E-state index in [-0.39, 0.29) is 4.90 Å². The third-order valence-corrected chi connectivity index (χ3v) is 4.89. The molecule has 0 atom stereocenters. The smallest absolute Gasteiger partial charge is 0.262 e. The summed E-state index contributed by atoms with van der Waals surface area (Å²) < 4.78 is 32.3. The fraction of sp³-hybridized carbons (Fsp3) is 0.143. The maximum Gasteiger partial charge on any atom is 0.262 e. The third-order valence-electron chi connectivity index (χ3n) is 2.85. The molecule has 2 aromatic carbocycles. The lowest BCUT2D eigenvalue weighted by Gasteiger charge is -2.13. The second-order valence-electron chi connectivity index (χ2n) is 4.36. The van der Waals surface area contributed by atoms with Gasteiger partial charge in [-0.1, -0.05) is 23.2 Å². The third kappa shape index (κ3) is 3.61. The minimum absolute atomic E-state index is 0.113. The molecular formula is C14H13Cl2NO3S. The van der Waals surface area contributed by atoms with Crippen LogP contribution < -0.4 is 9.46 Å². The molecule has 2 aromatic rings. The van der Waals surface area contributed by atoms with E-state index in [1.807, 2.05) is 0 Å². The number of nitrogens with one attached hydrogen (secondary N) is 1. The molecule has 0 heterocycles. The molecule has 0 saturated heterocycles. The molecule has 0 radical (unpaired) electrons. The number of sulfonamides is 1. The molecule has 0 aliphatic heterocycles. The van der Waals surface area contributed by atoms with Gasteiger partial charge in [-0.3, -0.25) is 4.72 Å². The molecule has 0 unspecified atom stereocenters. The largest absolute Gasteiger partial charge is 0.495 e. The van der Waals surface area contributed by atoms with Crippen molar-refractivity contribution in [2.75, 3.05) is 11.8 Å². The Bertz CT molecular complexity index is 759. The molecule has 0 aromatic heterocycles. The van der Waals surface area contributed by atoms with Gasteiger partial charge >= 0.3 is 0 Å². The highest BCUT2D eigenvalue weighted by Gasteiger charge is 2.17. The van der Waals surface area contributed by atoms with Crippen molar-refractivity contribution in [2.45, 2.75) is 11.8 Å². The van der Waals surface area contributed by atoms with Gasteiger partial charge in [-0.2, -0.15) is 0 Å². The average Bonchev–Trinajstić information content (AvgIpc) is 2.42. The van der Waals surface area contributed by atoms with Crippen molar-refractivity contribution < 1.29 is 13.2 Å². The number of benzene rings is 2. The number of halogens is 2. The number of methoxy groups -OCH3 is 1. The van der Waals surface area contributed by atoms with Gasteiger partial charge in [-0.25, -0.2) is 8.42 Å². The molecule has 0 aliphatic carbocycles. The maximum atomic E-state index is 12.3. The normalized spacial score (nSPS) is 11.2. The quantitative estimate of drug-likeness (QED) is 0.906. The summed E-state index contributed by atoms with van der Waals surface area (Å²) in [6.07, 6.45) is 0. The first-order valence-electron chi connectivity index (χ1n) is 5.96. The lowest BCUT2D eigenvalue weighted by molar-refractivity contribution is 0.417. The van der Waals surface area contributed by atoms with Crippen molar-refractivity contribution in [1.29, 1.82) is 0 Å². The Balaban J connectivity index is 2.41. The first kappa shape index (κ1) is 15.9. The van der Waals surface area contributed by atoms with Crippen LogP contribution in [-0.2, 0) is 10.0 Å². The summed E-state index contributed by atoms with van der Waals surface area (Å²) in [7, 11) is -2.28. The van der Waals surface area contributed by atoms with Crippen LogP contribution >= 0.6 is 23.2 Å². The number of aryl methyl sites for hydroxylation is 1. The Labute approximate surface area is 133 Å². The second-order valence-corrected chi connectivity index (χ2v) is 6.89. The van der Waals surface area contributed by atoms with Crippen LogP contribution in [0.15, 0.2) is 41.3 Å². The standard InChI is InChI=1S/C14H13Cl2NO3S/c1-9-7-13(14(20-2)8-12(9)16)17-21(18,19)11-5-3-10(15)4-6-11/h3-8,17H,1-2H3. The zero-order valence-electron chi connectivity index (χ0n) is 11.4. The maximum absolute atomic E-state index is 12.3. The van der Waals surface area contributed by atoms with Crippen LogP contribution in [0.25, 0.3) is 0 Å². The average molecular weight is 346 g/mol. The molecule has 0 bridgehead atoms. The van der Waals surface area contributed by atoms with E-state index in [2.05, 4.69) is 4.72 Å². The molecular weight excluding hydrogens is 333 g/mol. The molecule has 1 N–H and O–H groups in total. The van der Waals surface area contributed by atoms with Crippen molar-refractivity contribution in [3.63, 3.8) is 0 Å². The van der Waals surface area contributed by atoms with E-state index in [0.29, 0.717) is 21.5 Å². The summed E-state index contributed by atoms with van der Waals surface area (Å²) in [6.45, 7) is 1.78. The van der Waals surface area contributed by atoms with Gasteiger partial charge in [0.2, 0.25) is 0 Å². The number of rotatable bonds is 4. The zero-order valence-corrected chi connectivity index (χ0v) is 13.7. The Morgan fingerprint density at radius 3 is 2.29 bits per heavy atom. The highest BCUT2D eigenvalue weighted by Crippen LogP contribution is 2.32. The van der Waals surface area contributed by atoms with Crippen LogP contribution in [0.4, 0.5) is 5.69 Å². The van der Waals surface area contributed by atoms with Crippen molar-refractivity contribution in [1.82, 2.24) is 0 Å². The van der Waals surface area contributed by atoms with Gasteiger partial charge in [-0.05, 0) is 42.8 Å². The van der Waals surface area contributed by atoms with Gasteiger partial charge in [0.05, 0.1) is 17.7 Å². The number of hydrogen-bond acceptors (Lipinski definition) is 3. The fourth-order valence-electron chi connectivity index (χ4n) is 1.73. The molecule has 0 saturated carbocycles. The van der Waals surface area contributed by atoms with Crippen molar-refractivity contribution in [3.05, 3.63) is 52.0 Å². The first-order valence-corrected chi connectivity index (χ1v) is 8.20.